The van der Waals surface area contributed by atoms with Gasteiger partial charge in [-0.25, -0.2) is 14.2 Å². The summed E-state index contributed by atoms with van der Waals surface area (Å²) < 4.78 is 47.1. The second kappa shape index (κ2) is 10.8. The van der Waals surface area contributed by atoms with E-state index in [0.29, 0.717) is 0 Å². The second-order valence-electron chi connectivity index (χ2n) is 7.40. The normalized spacial score (nSPS) is 11.0. The van der Waals surface area contributed by atoms with Crippen molar-refractivity contribution in [1.29, 1.82) is 0 Å². The molecule has 0 saturated heterocycles. The maximum atomic E-state index is 13.2. The zero-order chi connectivity index (χ0) is 24.7. The molecule has 8 heteroatoms. The number of aliphatic carboxylic acids is 1. The summed E-state index contributed by atoms with van der Waals surface area (Å²) in [7, 11) is 0. The number of carbonyl (C=O) groups is 1. The van der Waals surface area contributed by atoms with E-state index in [1.165, 1.54) is 28.8 Å². The van der Waals surface area contributed by atoms with Gasteiger partial charge in [0.1, 0.15) is 5.82 Å². The Labute approximate surface area is 194 Å². The van der Waals surface area contributed by atoms with Crippen molar-refractivity contribution in [2.75, 3.05) is 0 Å². The molecule has 4 aromatic rings. The molecule has 1 N–H and O–H groups in total. The average molecular weight is 470 g/mol. The number of aromatic nitrogens is 2. The van der Waals surface area contributed by atoms with E-state index < -0.39 is 12.1 Å². The van der Waals surface area contributed by atoms with Crippen molar-refractivity contribution in [2.45, 2.75) is 26.1 Å². The van der Waals surface area contributed by atoms with Crippen molar-refractivity contribution < 1.29 is 27.5 Å². The van der Waals surface area contributed by atoms with E-state index in [0.717, 1.165) is 29.9 Å². The van der Waals surface area contributed by atoms with Gasteiger partial charge in [0.15, 0.2) is 0 Å². The van der Waals surface area contributed by atoms with Gasteiger partial charge in [-0.2, -0.15) is 13.2 Å². The van der Waals surface area contributed by atoms with Crippen molar-refractivity contribution in [3.63, 3.8) is 0 Å². The molecular weight excluding hydrogens is 448 g/mol. The van der Waals surface area contributed by atoms with Gasteiger partial charge in [0.2, 0.25) is 0 Å². The molecule has 3 aromatic carbocycles. The summed E-state index contributed by atoms with van der Waals surface area (Å²) in [4.78, 5) is 13.5. The highest BCUT2D eigenvalue weighted by atomic mass is 19.4. The maximum absolute atomic E-state index is 13.2. The summed E-state index contributed by atoms with van der Waals surface area (Å²) in [6.07, 6.45) is -2.34. The first-order valence-electron chi connectivity index (χ1n) is 10.4. The van der Waals surface area contributed by atoms with E-state index in [1.54, 1.807) is 12.1 Å². The lowest BCUT2D eigenvalue weighted by Gasteiger charge is -2.10. The largest absolute Gasteiger partial charge is 0.490 e. The maximum Gasteiger partial charge on any atom is 0.490 e. The first-order chi connectivity index (χ1) is 16.2. The van der Waals surface area contributed by atoms with Crippen LogP contribution in [0.15, 0.2) is 85.2 Å². The average Bonchev–Trinajstić information content (AvgIpc) is 3.22. The van der Waals surface area contributed by atoms with Crippen molar-refractivity contribution in [1.82, 2.24) is 9.55 Å². The number of rotatable bonds is 5. The lowest BCUT2D eigenvalue weighted by atomic mass is 10.0. The first-order valence-corrected chi connectivity index (χ1v) is 10.4. The van der Waals surface area contributed by atoms with Gasteiger partial charge in [-0.3, -0.25) is 0 Å². The van der Waals surface area contributed by atoms with E-state index in [-0.39, 0.29) is 5.82 Å². The molecule has 4 nitrogen and oxygen atoms in total. The third-order valence-corrected chi connectivity index (χ3v) is 5.03. The molecule has 0 aliphatic heterocycles. The van der Waals surface area contributed by atoms with Crippen molar-refractivity contribution >= 4 is 5.97 Å². The number of carboxylic acid groups (broad SMARTS) is 1. The van der Waals surface area contributed by atoms with Gasteiger partial charge >= 0.3 is 12.1 Å². The van der Waals surface area contributed by atoms with E-state index in [9.17, 15) is 17.6 Å². The Balaban J connectivity index is 0.000000406. The monoisotopic (exact) mass is 470 g/mol. The fourth-order valence-electron chi connectivity index (χ4n) is 3.44. The Hall–Kier alpha value is -3.94. The quantitative estimate of drug-likeness (QED) is 0.335. The smallest absolute Gasteiger partial charge is 0.475 e. The number of imidazole rings is 1. The number of halogens is 4. The van der Waals surface area contributed by atoms with Gasteiger partial charge < -0.3 is 9.67 Å². The van der Waals surface area contributed by atoms with Gasteiger partial charge in [0, 0.05) is 17.8 Å². The highest BCUT2D eigenvalue weighted by Gasteiger charge is 2.38. The zero-order valence-electron chi connectivity index (χ0n) is 18.3. The van der Waals surface area contributed by atoms with Crippen LogP contribution >= 0.6 is 0 Å². The van der Waals surface area contributed by atoms with Gasteiger partial charge in [-0.05, 0) is 53.4 Å². The minimum absolute atomic E-state index is 0.228. The summed E-state index contributed by atoms with van der Waals surface area (Å²) >= 11 is 0. The summed E-state index contributed by atoms with van der Waals surface area (Å²) in [6.45, 7) is 2.89. The minimum atomic E-state index is -5.08. The SMILES string of the molecule is CCc1c(-c2ccc(F)cc2)ncn1Cc1cccc(-c2ccccc2)c1.O=C(O)C(F)(F)F. The number of benzene rings is 3. The molecule has 0 saturated carbocycles. The van der Waals surface area contributed by atoms with Gasteiger partial charge in [0.25, 0.3) is 0 Å². The van der Waals surface area contributed by atoms with Crippen molar-refractivity contribution in [2.24, 2.45) is 0 Å². The molecule has 0 radical (unpaired) electrons. The number of hydrogen-bond donors (Lipinski definition) is 1. The van der Waals surface area contributed by atoms with E-state index >= 15 is 0 Å². The van der Waals surface area contributed by atoms with Gasteiger partial charge in [-0.15, -0.1) is 0 Å². The second-order valence-corrected chi connectivity index (χ2v) is 7.40. The molecular formula is C26H22F4N2O2. The first kappa shape index (κ1) is 24.7. The molecule has 4 rings (SSSR count). The Morgan fingerprint density at radius 1 is 0.912 bits per heavy atom. The Morgan fingerprint density at radius 2 is 1.53 bits per heavy atom. The molecule has 0 unspecified atom stereocenters. The molecule has 0 spiro atoms. The zero-order valence-corrected chi connectivity index (χ0v) is 18.3. The lowest BCUT2D eigenvalue weighted by molar-refractivity contribution is -0.192. The topological polar surface area (TPSA) is 55.1 Å². The summed E-state index contributed by atoms with van der Waals surface area (Å²) in [5.41, 5.74) is 6.69. The number of alkyl halides is 3. The number of hydrogen-bond acceptors (Lipinski definition) is 2. The molecule has 1 aromatic heterocycles. The molecule has 0 amide bonds. The van der Waals surface area contributed by atoms with Crippen LogP contribution < -0.4 is 0 Å². The Bertz CT molecular complexity index is 1230. The van der Waals surface area contributed by atoms with Crippen LogP contribution in [0.1, 0.15) is 18.2 Å². The summed E-state index contributed by atoms with van der Waals surface area (Å²) in [5, 5.41) is 7.12. The molecule has 176 valence electrons. The van der Waals surface area contributed by atoms with Crippen LogP contribution in [-0.4, -0.2) is 26.8 Å². The van der Waals surface area contributed by atoms with Crippen molar-refractivity contribution in [3.8, 4) is 22.4 Å². The van der Waals surface area contributed by atoms with Crippen molar-refractivity contribution in [3.05, 3.63) is 102 Å². The molecule has 0 bridgehead atoms. The van der Waals surface area contributed by atoms with Crippen LogP contribution in [0, 0.1) is 5.82 Å². The predicted octanol–water partition coefficient (Wildman–Crippen LogP) is 6.60. The standard InChI is InChI=1S/C24H21FN2.C2HF3O2/c1-2-23-24(20-11-13-22(25)14-12-20)26-17-27(23)16-18-7-6-10-21(15-18)19-8-4-3-5-9-19;3-2(4,5)1(6)7/h3-15,17H,2,16H2,1H3;(H,6,7). The molecule has 0 atom stereocenters. The fourth-order valence-corrected chi connectivity index (χ4v) is 3.44. The molecule has 1 heterocycles. The van der Waals surface area contributed by atoms with Crippen LogP contribution in [0.3, 0.4) is 0 Å². The number of nitrogens with zero attached hydrogens (tertiary/aromatic N) is 2. The van der Waals surface area contributed by atoms with E-state index in [2.05, 4.69) is 65.0 Å². The molecule has 0 aliphatic rings. The third kappa shape index (κ3) is 6.31. The molecule has 0 aliphatic carbocycles. The van der Waals surface area contributed by atoms with Crippen LogP contribution in [-0.2, 0) is 17.8 Å². The Kier molecular flexibility index (Phi) is 7.83. The van der Waals surface area contributed by atoms with Crippen LogP contribution in [0.2, 0.25) is 0 Å². The van der Waals surface area contributed by atoms with Crippen LogP contribution in [0.4, 0.5) is 17.6 Å². The van der Waals surface area contributed by atoms with Gasteiger partial charge in [-0.1, -0.05) is 55.5 Å². The van der Waals surface area contributed by atoms with Gasteiger partial charge in [0.05, 0.1) is 12.0 Å². The molecule has 0 fully saturated rings. The Morgan fingerprint density at radius 3 is 2.12 bits per heavy atom. The summed E-state index contributed by atoms with van der Waals surface area (Å²) in [5.74, 6) is -2.98. The fraction of sp³-hybridized carbons (Fsp3) is 0.154. The molecule has 34 heavy (non-hydrogen) atoms. The van der Waals surface area contributed by atoms with Crippen LogP contribution in [0.25, 0.3) is 22.4 Å². The highest BCUT2D eigenvalue weighted by Crippen LogP contribution is 2.25. The third-order valence-electron chi connectivity index (χ3n) is 5.03. The van der Waals surface area contributed by atoms with E-state index in [1.807, 2.05) is 12.4 Å². The highest BCUT2D eigenvalue weighted by molar-refractivity contribution is 5.73. The number of carboxylic acids is 1. The van der Waals surface area contributed by atoms with Crippen LogP contribution in [0.5, 0.6) is 0 Å². The lowest BCUT2D eigenvalue weighted by Crippen LogP contribution is -2.21. The minimum Gasteiger partial charge on any atom is -0.475 e. The summed E-state index contributed by atoms with van der Waals surface area (Å²) in [6, 6.07) is 25.5. The predicted molar refractivity (Wildman–Crippen MR) is 122 cm³/mol. The van der Waals surface area contributed by atoms with E-state index in [4.69, 9.17) is 9.90 Å².